The number of ether oxygens (including phenoxy) is 1. The molecule has 0 fully saturated rings. The molecule has 0 bridgehead atoms. The number of aliphatic hydroxyl groups excluding tert-OH is 1. The molecule has 7 heteroatoms. The van der Waals surface area contributed by atoms with Crippen LogP contribution in [-0.2, 0) is 6.54 Å². The molecule has 0 aliphatic rings. The number of fused-ring (bicyclic) bond motifs is 1. The minimum Gasteiger partial charge on any atom is -0.491 e. The monoisotopic (exact) mass is 356 g/mol. The highest BCUT2D eigenvalue weighted by Crippen LogP contribution is 2.22. The summed E-state index contributed by atoms with van der Waals surface area (Å²) in [5.41, 5.74) is 0.00306. The van der Waals surface area contributed by atoms with E-state index in [1.165, 1.54) is 24.3 Å². The summed E-state index contributed by atoms with van der Waals surface area (Å²) >= 11 is 0. The summed E-state index contributed by atoms with van der Waals surface area (Å²) < 4.78 is 11.1. The molecule has 0 saturated carbocycles. The summed E-state index contributed by atoms with van der Waals surface area (Å²) in [5.74, 6) is 1.33. The Kier molecular flexibility index (Phi) is 5.50. The van der Waals surface area contributed by atoms with Crippen LogP contribution in [0.5, 0.6) is 5.75 Å². The van der Waals surface area contributed by atoms with Gasteiger partial charge in [-0.2, -0.15) is 0 Å². The lowest BCUT2D eigenvalue weighted by Gasteiger charge is -2.20. The molecule has 0 amide bonds. The van der Waals surface area contributed by atoms with Crippen LogP contribution in [0.4, 0.5) is 5.69 Å². The van der Waals surface area contributed by atoms with Gasteiger partial charge in [-0.15, -0.1) is 0 Å². The fourth-order valence-electron chi connectivity index (χ4n) is 2.75. The molecule has 1 N–H and O–H groups in total. The third-order valence-corrected chi connectivity index (χ3v) is 4.02. The molecule has 0 spiro atoms. The summed E-state index contributed by atoms with van der Waals surface area (Å²) in [5, 5.41) is 22.9. The second kappa shape index (κ2) is 7.99. The zero-order valence-electron chi connectivity index (χ0n) is 14.4. The number of nitro benzene ring substituents is 1. The number of furan rings is 1. The van der Waals surface area contributed by atoms with E-state index < -0.39 is 11.0 Å². The van der Waals surface area contributed by atoms with E-state index in [1.807, 2.05) is 36.2 Å². The smallest absolute Gasteiger partial charge is 0.269 e. The predicted octanol–water partition coefficient (Wildman–Crippen LogP) is 3.21. The van der Waals surface area contributed by atoms with Crippen molar-refractivity contribution in [3.63, 3.8) is 0 Å². The lowest BCUT2D eigenvalue weighted by molar-refractivity contribution is -0.384. The first kappa shape index (κ1) is 17.9. The molecule has 3 aromatic rings. The fraction of sp³-hybridized carbons (Fsp3) is 0.263. The van der Waals surface area contributed by atoms with Crippen molar-refractivity contribution in [3.05, 3.63) is 70.7 Å². The third-order valence-electron chi connectivity index (χ3n) is 4.02. The first-order valence-corrected chi connectivity index (χ1v) is 8.22. The average Bonchev–Trinajstić information content (AvgIpc) is 3.03. The maximum absolute atomic E-state index is 10.6. The fourth-order valence-corrected chi connectivity index (χ4v) is 2.75. The van der Waals surface area contributed by atoms with E-state index in [4.69, 9.17) is 9.15 Å². The summed E-state index contributed by atoms with van der Waals surface area (Å²) in [6.45, 7) is 1.07. The van der Waals surface area contributed by atoms with Crippen molar-refractivity contribution < 1.29 is 19.2 Å². The zero-order chi connectivity index (χ0) is 18.5. The van der Waals surface area contributed by atoms with E-state index >= 15 is 0 Å². The minimum atomic E-state index is -0.698. The van der Waals surface area contributed by atoms with E-state index in [0.29, 0.717) is 18.8 Å². The van der Waals surface area contributed by atoms with Gasteiger partial charge in [0.1, 0.15) is 24.2 Å². The van der Waals surface area contributed by atoms with Crippen LogP contribution in [0.3, 0.4) is 0 Å². The SMILES string of the molecule is CN(Cc1occ2ccccc12)CC(O)COc1ccc([N+](=O)[O-])cc1. The Morgan fingerprint density at radius 2 is 1.96 bits per heavy atom. The van der Waals surface area contributed by atoms with Crippen LogP contribution in [0.25, 0.3) is 10.8 Å². The van der Waals surface area contributed by atoms with E-state index in [0.717, 1.165) is 16.5 Å². The van der Waals surface area contributed by atoms with Crippen molar-refractivity contribution in [2.45, 2.75) is 12.6 Å². The summed E-state index contributed by atoms with van der Waals surface area (Å²) in [7, 11) is 1.90. The van der Waals surface area contributed by atoms with Crippen molar-refractivity contribution >= 4 is 16.5 Å². The second-order valence-corrected chi connectivity index (χ2v) is 6.16. The average molecular weight is 356 g/mol. The summed E-state index contributed by atoms with van der Waals surface area (Å²) in [6.07, 6.45) is 1.03. The lowest BCUT2D eigenvalue weighted by atomic mass is 10.2. The van der Waals surface area contributed by atoms with E-state index in [1.54, 1.807) is 6.26 Å². The van der Waals surface area contributed by atoms with Gasteiger partial charge >= 0.3 is 0 Å². The Balaban J connectivity index is 1.49. The van der Waals surface area contributed by atoms with Gasteiger partial charge in [0.15, 0.2) is 0 Å². The molecule has 0 radical (unpaired) electrons. The van der Waals surface area contributed by atoms with E-state index in [2.05, 4.69) is 0 Å². The molecule has 0 aliphatic carbocycles. The van der Waals surface area contributed by atoms with Gasteiger partial charge in [-0.3, -0.25) is 15.0 Å². The van der Waals surface area contributed by atoms with Crippen molar-refractivity contribution in [1.29, 1.82) is 0 Å². The van der Waals surface area contributed by atoms with Gasteiger partial charge in [-0.1, -0.05) is 24.3 Å². The Morgan fingerprint density at radius 1 is 1.23 bits per heavy atom. The van der Waals surface area contributed by atoms with Crippen LogP contribution in [-0.4, -0.2) is 41.2 Å². The van der Waals surface area contributed by atoms with Gasteiger partial charge in [0, 0.05) is 29.4 Å². The lowest BCUT2D eigenvalue weighted by Crippen LogP contribution is -2.32. The number of non-ortho nitro benzene ring substituents is 1. The van der Waals surface area contributed by atoms with E-state index in [-0.39, 0.29) is 12.3 Å². The highest BCUT2D eigenvalue weighted by Gasteiger charge is 2.13. The number of hydrogen-bond acceptors (Lipinski definition) is 6. The van der Waals surface area contributed by atoms with Crippen molar-refractivity contribution in [3.8, 4) is 5.75 Å². The molecule has 1 unspecified atom stereocenters. The molecule has 1 aromatic heterocycles. The Morgan fingerprint density at radius 3 is 2.69 bits per heavy atom. The van der Waals surface area contributed by atoms with Crippen molar-refractivity contribution in [2.75, 3.05) is 20.2 Å². The summed E-state index contributed by atoms with van der Waals surface area (Å²) in [6, 6.07) is 13.7. The van der Waals surface area contributed by atoms with Gasteiger partial charge in [-0.05, 0) is 19.2 Å². The highest BCUT2D eigenvalue weighted by molar-refractivity contribution is 5.83. The molecule has 7 nitrogen and oxygen atoms in total. The molecular weight excluding hydrogens is 336 g/mol. The van der Waals surface area contributed by atoms with Gasteiger partial charge < -0.3 is 14.3 Å². The molecule has 1 atom stereocenters. The highest BCUT2D eigenvalue weighted by atomic mass is 16.6. The second-order valence-electron chi connectivity index (χ2n) is 6.16. The van der Waals surface area contributed by atoms with Crippen LogP contribution >= 0.6 is 0 Å². The molecule has 136 valence electrons. The molecule has 0 aliphatic heterocycles. The number of aliphatic hydroxyl groups is 1. The maximum Gasteiger partial charge on any atom is 0.269 e. The number of nitrogens with zero attached hydrogens (tertiary/aromatic N) is 2. The van der Waals surface area contributed by atoms with Crippen LogP contribution in [0.2, 0.25) is 0 Å². The molecule has 0 saturated heterocycles. The van der Waals surface area contributed by atoms with Crippen LogP contribution in [0, 0.1) is 10.1 Å². The number of benzene rings is 2. The predicted molar refractivity (Wildman–Crippen MR) is 97.1 cm³/mol. The number of nitro groups is 1. The van der Waals surface area contributed by atoms with Crippen molar-refractivity contribution in [2.24, 2.45) is 0 Å². The maximum atomic E-state index is 10.6. The van der Waals surface area contributed by atoms with Crippen LogP contribution < -0.4 is 4.74 Å². The molecule has 1 heterocycles. The normalized spacial score (nSPS) is 12.4. The Hall–Kier alpha value is -2.90. The van der Waals surface area contributed by atoms with Crippen molar-refractivity contribution in [1.82, 2.24) is 4.90 Å². The van der Waals surface area contributed by atoms with Gasteiger partial charge in [0.2, 0.25) is 0 Å². The molecular formula is C19H20N2O5. The minimum absolute atomic E-state index is 0.00306. The molecule has 2 aromatic carbocycles. The Labute approximate surface area is 150 Å². The first-order chi connectivity index (χ1) is 12.5. The number of likely N-dealkylation sites (N-methyl/N-ethyl adjacent to an activating group) is 1. The topological polar surface area (TPSA) is 89.0 Å². The summed E-state index contributed by atoms with van der Waals surface area (Å²) in [4.78, 5) is 12.1. The number of rotatable bonds is 8. The quantitative estimate of drug-likeness (QED) is 0.492. The van der Waals surface area contributed by atoms with E-state index in [9.17, 15) is 15.2 Å². The molecule has 3 rings (SSSR count). The van der Waals surface area contributed by atoms with Gasteiger partial charge in [0.05, 0.1) is 17.7 Å². The van der Waals surface area contributed by atoms with Gasteiger partial charge in [0.25, 0.3) is 5.69 Å². The first-order valence-electron chi connectivity index (χ1n) is 8.22. The standard InChI is InChI=1S/C19H20N2O5/c1-20(11-19-18-5-3-2-4-14(18)12-26-19)10-16(22)13-25-17-8-6-15(7-9-17)21(23)24/h2-9,12,16,22H,10-11,13H2,1H3. The Bertz CT molecular complexity index is 875. The van der Waals surface area contributed by atoms with Gasteiger partial charge in [-0.25, -0.2) is 0 Å². The van der Waals surface area contributed by atoms with Crippen LogP contribution in [0.1, 0.15) is 5.76 Å². The zero-order valence-corrected chi connectivity index (χ0v) is 14.4. The van der Waals surface area contributed by atoms with Crippen LogP contribution in [0.15, 0.2) is 59.2 Å². The third kappa shape index (κ3) is 4.38. The largest absolute Gasteiger partial charge is 0.491 e. The molecule has 26 heavy (non-hydrogen) atoms. The number of hydrogen-bond donors (Lipinski definition) is 1.